The van der Waals surface area contributed by atoms with Crippen LogP contribution in [0.25, 0.3) is 0 Å². The van der Waals surface area contributed by atoms with E-state index in [1.807, 2.05) is 24.3 Å². The van der Waals surface area contributed by atoms with Gasteiger partial charge in [-0.3, -0.25) is 9.78 Å². The van der Waals surface area contributed by atoms with Crippen LogP contribution in [0.3, 0.4) is 0 Å². The van der Waals surface area contributed by atoms with E-state index >= 15 is 0 Å². The Morgan fingerprint density at radius 2 is 2.00 bits per heavy atom. The lowest BCUT2D eigenvalue weighted by Crippen LogP contribution is -2.25. The second-order valence-electron chi connectivity index (χ2n) is 4.66. The molecular weight excluding hydrogens is 250 g/mol. The molecule has 4 nitrogen and oxygen atoms in total. The van der Waals surface area contributed by atoms with Crippen molar-refractivity contribution in [3.63, 3.8) is 0 Å². The van der Waals surface area contributed by atoms with Gasteiger partial charge in [0, 0.05) is 11.9 Å². The Labute approximate surface area is 119 Å². The number of nitrogens with two attached hydrogens (primary N) is 1. The predicted molar refractivity (Wildman–Crippen MR) is 80.0 cm³/mol. The molecular formula is C16H19N3O. The second kappa shape index (κ2) is 6.70. The van der Waals surface area contributed by atoms with Gasteiger partial charge in [0.15, 0.2) is 0 Å². The van der Waals surface area contributed by atoms with Gasteiger partial charge in [-0.1, -0.05) is 25.1 Å². The molecule has 1 heterocycles. The largest absolute Gasteiger partial charge is 0.399 e. The number of pyridine rings is 1. The summed E-state index contributed by atoms with van der Waals surface area (Å²) in [5.41, 5.74) is 9.37. The SMILES string of the molecule is CCc1cccnc1CNC(=O)Cc1ccc(N)cc1. The summed E-state index contributed by atoms with van der Waals surface area (Å²) in [6.45, 7) is 2.55. The van der Waals surface area contributed by atoms with E-state index in [0.717, 1.165) is 17.7 Å². The fraction of sp³-hybridized carbons (Fsp3) is 0.250. The minimum absolute atomic E-state index is 0.0116. The maximum Gasteiger partial charge on any atom is 0.224 e. The van der Waals surface area contributed by atoms with Crippen LogP contribution < -0.4 is 11.1 Å². The van der Waals surface area contributed by atoms with Crippen LogP contribution in [0.15, 0.2) is 42.6 Å². The van der Waals surface area contributed by atoms with Gasteiger partial charge in [-0.25, -0.2) is 0 Å². The number of carbonyl (C=O) groups excluding carboxylic acids is 1. The second-order valence-corrected chi connectivity index (χ2v) is 4.66. The fourth-order valence-corrected chi connectivity index (χ4v) is 2.02. The molecule has 0 radical (unpaired) electrons. The molecule has 0 aliphatic rings. The average Bonchev–Trinajstić information content (AvgIpc) is 2.48. The van der Waals surface area contributed by atoms with E-state index in [1.165, 1.54) is 5.56 Å². The van der Waals surface area contributed by atoms with E-state index in [4.69, 9.17) is 5.73 Å². The number of hydrogen-bond acceptors (Lipinski definition) is 3. The number of aromatic nitrogens is 1. The van der Waals surface area contributed by atoms with E-state index in [1.54, 1.807) is 18.3 Å². The highest BCUT2D eigenvalue weighted by Gasteiger charge is 2.06. The van der Waals surface area contributed by atoms with Crippen molar-refractivity contribution in [2.45, 2.75) is 26.3 Å². The van der Waals surface area contributed by atoms with Crippen LogP contribution in [0, 0.1) is 0 Å². The van der Waals surface area contributed by atoms with E-state index in [2.05, 4.69) is 17.2 Å². The number of hydrogen-bond donors (Lipinski definition) is 2. The van der Waals surface area contributed by atoms with Crippen molar-refractivity contribution in [3.05, 3.63) is 59.4 Å². The fourth-order valence-electron chi connectivity index (χ4n) is 2.02. The Bertz CT molecular complexity index is 579. The number of benzene rings is 1. The summed E-state index contributed by atoms with van der Waals surface area (Å²) < 4.78 is 0. The van der Waals surface area contributed by atoms with Gasteiger partial charge >= 0.3 is 0 Å². The predicted octanol–water partition coefficient (Wildman–Crippen LogP) is 2.09. The molecule has 1 aromatic carbocycles. The molecule has 4 heteroatoms. The summed E-state index contributed by atoms with van der Waals surface area (Å²) in [5, 5.41) is 2.90. The number of rotatable bonds is 5. The number of nitrogens with zero attached hydrogens (tertiary/aromatic N) is 1. The highest BCUT2D eigenvalue weighted by atomic mass is 16.1. The summed E-state index contributed by atoms with van der Waals surface area (Å²) in [7, 11) is 0. The van der Waals surface area contributed by atoms with E-state index in [0.29, 0.717) is 18.7 Å². The van der Waals surface area contributed by atoms with E-state index in [9.17, 15) is 4.79 Å². The van der Waals surface area contributed by atoms with Crippen molar-refractivity contribution >= 4 is 11.6 Å². The Morgan fingerprint density at radius 3 is 2.70 bits per heavy atom. The molecule has 3 N–H and O–H groups in total. The lowest BCUT2D eigenvalue weighted by Gasteiger charge is -2.08. The number of nitrogens with one attached hydrogen (secondary N) is 1. The zero-order chi connectivity index (χ0) is 14.4. The first-order chi connectivity index (χ1) is 9.69. The molecule has 2 aromatic rings. The van der Waals surface area contributed by atoms with E-state index < -0.39 is 0 Å². The molecule has 0 aliphatic heterocycles. The number of amides is 1. The summed E-state index contributed by atoms with van der Waals surface area (Å²) in [4.78, 5) is 16.2. The average molecular weight is 269 g/mol. The van der Waals surface area contributed by atoms with Gasteiger partial charge < -0.3 is 11.1 Å². The quantitative estimate of drug-likeness (QED) is 0.817. The first-order valence-corrected chi connectivity index (χ1v) is 6.73. The molecule has 0 bridgehead atoms. The van der Waals surface area contributed by atoms with Gasteiger partial charge in [0.2, 0.25) is 5.91 Å². The Balaban J connectivity index is 1.90. The zero-order valence-corrected chi connectivity index (χ0v) is 11.6. The third kappa shape index (κ3) is 3.82. The van der Waals surface area contributed by atoms with Gasteiger partial charge in [-0.05, 0) is 35.7 Å². The lowest BCUT2D eigenvalue weighted by atomic mass is 10.1. The number of carbonyl (C=O) groups is 1. The lowest BCUT2D eigenvalue weighted by molar-refractivity contribution is -0.120. The number of anilines is 1. The third-order valence-electron chi connectivity index (χ3n) is 3.16. The highest BCUT2D eigenvalue weighted by Crippen LogP contribution is 2.07. The summed E-state index contributed by atoms with van der Waals surface area (Å²) in [6, 6.07) is 11.3. The van der Waals surface area contributed by atoms with Crippen LogP contribution in [-0.4, -0.2) is 10.9 Å². The molecule has 0 unspecified atom stereocenters. The normalized spacial score (nSPS) is 10.2. The first-order valence-electron chi connectivity index (χ1n) is 6.73. The van der Waals surface area contributed by atoms with Crippen molar-refractivity contribution in [3.8, 4) is 0 Å². The van der Waals surface area contributed by atoms with Crippen LogP contribution in [0.4, 0.5) is 5.69 Å². The van der Waals surface area contributed by atoms with Crippen molar-refractivity contribution in [1.29, 1.82) is 0 Å². The minimum Gasteiger partial charge on any atom is -0.399 e. The molecule has 104 valence electrons. The Hall–Kier alpha value is -2.36. The molecule has 20 heavy (non-hydrogen) atoms. The molecule has 0 fully saturated rings. The highest BCUT2D eigenvalue weighted by molar-refractivity contribution is 5.78. The molecule has 0 aliphatic carbocycles. The topological polar surface area (TPSA) is 68.0 Å². The summed E-state index contributed by atoms with van der Waals surface area (Å²) >= 11 is 0. The maximum atomic E-state index is 11.9. The van der Waals surface area contributed by atoms with E-state index in [-0.39, 0.29) is 5.91 Å². The molecule has 0 saturated carbocycles. The van der Waals surface area contributed by atoms with Crippen LogP contribution in [0.2, 0.25) is 0 Å². The molecule has 1 aromatic heterocycles. The van der Waals surface area contributed by atoms with Gasteiger partial charge in [0.25, 0.3) is 0 Å². The molecule has 2 rings (SSSR count). The van der Waals surface area contributed by atoms with Crippen molar-refractivity contribution in [2.24, 2.45) is 0 Å². The minimum atomic E-state index is -0.0116. The maximum absolute atomic E-state index is 11.9. The van der Waals surface area contributed by atoms with Crippen LogP contribution in [0.5, 0.6) is 0 Å². The standard InChI is InChI=1S/C16H19N3O/c1-2-13-4-3-9-18-15(13)11-19-16(20)10-12-5-7-14(17)8-6-12/h3-9H,2,10-11,17H2,1H3,(H,19,20). The Kier molecular flexibility index (Phi) is 4.71. The van der Waals surface area contributed by atoms with Crippen molar-refractivity contribution < 1.29 is 4.79 Å². The molecule has 0 saturated heterocycles. The Morgan fingerprint density at radius 1 is 1.25 bits per heavy atom. The van der Waals surface area contributed by atoms with Crippen molar-refractivity contribution in [1.82, 2.24) is 10.3 Å². The van der Waals surface area contributed by atoms with Gasteiger partial charge in [0.05, 0.1) is 18.7 Å². The molecule has 0 spiro atoms. The van der Waals surface area contributed by atoms with Crippen molar-refractivity contribution in [2.75, 3.05) is 5.73 Å². The van der Waals surface area contributed by atoms with Gasteiger partial charge in [0.1, 0.15) is 0 Å². The van der Waals surface area contributed by atoms with Crippen LogP contribution in [0.1, 0.15) is 23.7 Å². The smallest absolute Gasteiger partial charge is 0.224 e. The monoisotopic (exact) mass is 269 g/mol. The van der Waals surface area contributed by atoms with Gasteiger partial charge in [-0.15, -0.1) is 0 Å². The molecule has 1 amide bonds. The van der Waals surface area contributed by atoms with Gasteiger partial charge in [-0.2, -0.15) is 0 Å². The summed E-state index contributed by atoms with van der Waals surface area (Å²) in [5.74, 6) is -0.0116. The summed E-state index contributed by atoms with van der Waals surface area (Å²) in [6.07, 6.45) is 3.02. The third-order valence-corrected chi connectivity index (χ3v) is 3.16. The molecule has 0 atom stereocenters. The number of aryl methyl sites for hydroxylation is 1. The first kappa shape index (κ1) is 14.1. The van der Waals surface area contributed by atoms with Crippen LogP contribution in [-0.2, 0) is 24.2 Å². The van der Waals surface area contributed by atoms with Crippen LogP contribution >= 0.6 is 0 Å². The number of nitrogen functional groups attached to an aromatic ring is 1. The zero-order valence-electron chi connectivity index (χ0n) is 11.6.